The van der Waals surface area contributed by atoms with E-state index < -0.39 is 0 Å². The number of nitrogens with two attached hydrogens (primary N) is 1. The Bertz CT molecular complexity index is 239. The Morgan fingerprint density at radius 3 is 3.09 bits per heavy atom. The molecule has 1 unspecified atom stereocenters. The van der Waals surface area contributed by atoms with Crippen molar-refractivity contribution in [3.8, 4) is 0 Å². The summed E-state index contributed by atoms with van der Waals surface area (Å²) in [6.07, 6.45) is 6.25. The highest BCUT2D eigenvalue weighted by atomic mass is 15.0. The zero-order chi connectivity index (χ0) is 8.27. The third-order valence-corrected chi connectivity index (χ3v) is 1.53. The smallest absolute Gasteiger partial charge is 0.0947 e. The number of nitrogens with zero attached hydrogens (tertiary/aromatic N) is 2. The first kappa shape index (κ1) is 8.01. The van der Waals surface area contributed by atoms with E-state index in [1.54, 1.807) is 12.4 Å². The molecule has 0 aliphatic rings. The fraction of sp³-hybridized carbons (Fsp3) is 0.375. The SMILES string of the molecule is C=CCC(N)c1cn(C)cn1. The molecule has 0 aliphatic carbocycles. The van der Waals surface area contributed by atoms with Crippen molar-refractivity contribution in [1.82, 2.24) is 9.55 Å². The van der Waals surface area contributed by atoms with E-state index in [2.05, 4.69) is 11.6 Å². The molecule has 1 aromatic rings. The lowest BCUT2D eigenvalue weighted by molar-refractivity contribution is 0.718. The van der Waals surface area contributed by atoms with Crippen LogP contribution in [0.4, 0.5) is 0 Å². The average molecular weight is 151 g/mol. The molecule has 3 heteroatoms. The van der Waals surface area contributed by atoms with Gasteiger partial charge in [-0.1, -0.05) is 6.08 Å². The molecule has 0 bridgehead atoms. The van der Waals surface area contributed by atoms with Crippen molar-refractivity contribution in [1.29, 1.82) is 0 Å². The van der Waals surface area contributed by atoms with Gasteiger partial charge in [0.1, 0.15) is 0 Å². The van der Waals surface area contributed by atoms with Crippen LogP contribution in [0.1, 0.15) is 18.2 Å². The molecule has 0 aromatic carbocycles. The van der Waals surface area contributed by atoms with Crippen molar-refractivity contribution in [2.75, 3.05) is 0 Å². The summed E-state index contributed by atoms with van der Waals surface area (Å²) in [6, 6.07) is -0.00583. The molecule has 2 N–H and O–H groups in total. The second-order valence-corrected chi connectivity index (χ2v) is 2.59. The van der Waals surface area contributed by atoms with Crippen molar-refractivity contribution in [3.05, 3.63) is 30.9 Å². The van der Waals surface area contributed by atoms with Crippen molar-refractivity contribution < 1.29 is 0 Å². The van der Waals surface area contributed by atoms with Crippen LogP contribution in [0.3, 0.4) is 0 Å². The van der Waals surface area contributed by atoms with Gasteiger partial charge in [-0.2, -0.15) is 0 Å². The maximum atomic E-state index is 5.77. The monoisotopic (exact) mass is 151 g/mol. The quantitative estimate of drug-likeness (QED) is 0.655. The molecular formula is C8H13N3. The number of aromatic nitrogens is 2. The lowest BCUT2D eigenvalue weighted by Crippen LogP contribution is -2.09. The molecule has 0 spiro atoms. The van der Waals surface area contributed by atoms with Crippen LogP contribution < -0.4 is 5.73 Å². The first-order chi connectivity index (χ1) is 5.24. The molecule has 3 nitrogen and oxygen atoms in total. The maximum Gasteiger partial charge on any atom is 0.0947 e. The summed E-state index contributed by atoms with van der Waals surface area (Å²) in [4.78, 5) is 4.12. The summed E-state index contributed by atoms with van der Waals surface area (Å²) in [6.45, 7) is 3.62. The van der Waals surface area contributed by atoms with E-state index in [1.165, 1.54) is 0 Å². The molecule has 0 fully saturated rings. The van der Waals surface area contributed by atoms with Gasteiger partial charge in [0.15, 0.2) is 0 Å². The molecule has 1 aromatic heterocycles. The van der Waals surface area contributed by atoms with Gasteiger partial charge in [-0.15, -0.1) is 6.58 Å². The van der Waals surface area contributed by atoms with Crippen LogP contribution in [0.2, 0.25) is 0 Å². The lowest BCUT2D eigenvalue weighted by atomic mass is 10.2. The van der Waals surface area contributed by atoms with Gasteiger partial charge in [-0.25, -0.2) is 4.98 Å². The standard InChI is InChI=1S/C8H13N3/c1-3-4-7(9)8-5-11(2)6-10-8/h3,5-7H,1,4,9H2,2H3. The zero-order valence-electron chi connectivity index (χ0n) is 6.70. The van der Waals surface area contributed by atoms with Gasteiger partial charge < -0.3 is 10.3 Å². The van der Waals surface area contributed by atoms with Crippen LogP contribution >= 0.6 is 0 Å². The minimum Gasteiger partial charge on any atom is -0.340 e. The van der Waals surface area contributed by atoms with Crippen molar-refractivity contribution in [2.45, 2.75) is 12.5 Å². The van der Waals surface area contributed by atoms with Gasteiger partial charge in [-0.3, -0.25) is 0 Å². The van der Waals surface area contributed by atoms with Crippen molar-refractivity contribution in [2.24, 2.45) is 12.8 Å². The molecule has 0 amide bonds. The minimum absolute atomic E-state index is 0.00583. The molecule has 1 atom stereocenters. The molecule has 0 saturated heterocycles. The van der Waals surface area contributed by atoms with Crippen LogP contribution in [0.5, 0.6) is 0 Å². The lowest BCUT2D eigenvalue weighted by Gasteiger charge is -2.02. The molecule has 0 radical (unpaired) electrons. The predicted molar refractivity (Wildman–Crippen MR) is 45.0 cm³/mol. The van der Waals surface area contributed by atoms with E-state index in [0.29, 0.717) is 0 Å². The number of hydrogen-bond acceptors (Lipinski definition) is 2. The molecule has 0 aliphatic heterocycles. The van der Waals surface area contributed by atoms with E-state index in [1.807, 2.05) is 17.8 Å². The Hall–Kier alpha value is -1.09. The Balaban J connectivity index is 2.67. The zero-order valence-corrected chi connectivity index (χ0v) is 6.70. The van der Waals surface area contributed by atoms with Crippen LogP contribution in [-0.2, 0) is 7.05 Å². The molecule has 11 heavy (non-hydrogen) atoms. The Kier molecular flexibility index (Phi) is 2.44. The van der Waals surface area contributed by atoms with Crippen LogP contribution in [0, 0.1) is 0 Å². The van der Waals surface area contributed by atoms with E-state index in [-0.39, 0.29) is 6.04 Å². The second-order valence-electron chi connectivity index (χ2n) is 2.59. The topological polar surface area (TPSA) is 43.8 Å². The van der Waals surface area contributed by atoms with Gasteiger partial charge in [0.25, 0.3) is 0 Å². The highest BCUT2D eigenvalue weighted by molar-refractivity contribution is 5.03. The number of hydrogen-bond donors (Lipinski definition) is 1. The molecule has 60 valence electrons. The number of rotatable bonds is 3. The summed E-state index contributed by atoms with van der Waals surface area (Å²) in [5.74, 6) is 0. The Morgan fingerprint density at radius 1 is 1.91 bits per heavy atom. The maximum absolute atomic E-state index is 5.77. The molecular weight excluding hydrogens is 138 g/mol. The van der Waals surface area contributed by atoms with Crippen molar-refractivity contribution in [3.63, 3.8) is 0 Å². The van der Waals surface area contributed by atoms with E-state index in [9.17, 15) is 0 Å². The highest BCUT2D eigenvalue weighted by Gasteiger charge is 2.05. The third-order valence-electron chi connectivity index (χ3n) is 1.53. The van der Waals surface area contributed by atoms with Gasteiger partial charge in [0.05, 0.1) is 18.1 Å². The molecule has 1 heterocycles. The molecule has 0 saturated carbocycles. The summed E-state index contributed by atoms with van der Waals surface area (Å²) in [7, 11) is 1.93. The fourth-order valence-corrected chi connectivity index (χ4v) is 0.925. The summed E-state index contributed by atoms with van der Waals surface area (Å²) >= 11 is 0. The second kappa shape index (κ2) is 3.34. The predicted octanol–water partition coefficient (Wildman–Crippen LogP) is 0.996. The third kappa shape index (κ3) is 1.91. The summed E-state index contributed by atoms with van der Waals surface area (Å²) in [5.41, 5.74) is 6.70. The van der Waals surface area contributed by atoms with E-state index >= 15 is 0 Å². The van der Waals surface area contributed by atoms with Gasteiger partial charge in [0.2, 0.25) is 0 Å². The summed E-state index contributed by atoms with van der Waals surface area (Å²) < 4.78 is 1.89. The Morgan fingerprint density at radius 2 is 2.64 bits per heavy atom. The average Bonchev–Trinajstić information content (AvgIpc) is 2.36. The van der Waals surface area contributed by atoms with E-state index in [4.69, 9.17) is 5.73 Å². The van der Waals surface area contributed by atoms with Gasteiger partial charge in [-0.05, 0) is 6.42 Å². The van der Waals surface area contributed by atoms with Crippen LogP contribution in [0.15, 0.2) is 25.2 Å². The Labute approximate surface area is 66.5 Å². The summed E-state index contributed by atoms with van der Waals surface area (Å²) in [5, 5.41) is 0. The van der Waals surface area contributed by atoms with Gasteiger partial charge >= 0.3 is 0 Å². The molecule has 1 rings (SSSR count). The number of aryl methyl sites for hydroxylation is 1. The fourth-order valence-electron chi connectivity index (χ4n) is 0.925. The first-order valence-electron chi connectivity index (χ1n) is 3.58. The van der Waals surface area contributed by atoms with Crippen molar-refractivity contribution >= 4 is 0 Å². The first-order valence-corrected chi connectivity index (χ1v) is 3.58. The highest BCUT2D eigenvalue weighted by Crippen LogP contribution is 2.10. The minimum atomic E-state index is -0.00583. The van der Waals surface area contributed by atoms with Gasteiger partial charge in [0, 0.05) is 13.2 Å². The van der Waals surface area contributed by atoms with Crippen LogP contribution in [-0.4, -0.2) is 9.55 Å². The normalized spacial score (nSPS) is 12.9. The van der Waals surface area contributed by atoms with Crippen LogP contribution in [0.25, 0.3) is 0 Å². The number of imidazole rings is 1. The largest absolute Gasteiger partial charge is 0.340 e. The van der Waals surface area contributed by atoms with E-state index in [0.717, 1.165) is 12.1 Å².